The van der Waals surface area contributed by atoms with Crippen LogP contribution in [0.25, 0.3) is 0 Å². The van der Waals surface area contributed by atoms with E-state index in [0.717, 1.165) is 23.2 Å². The second kappa shape index (κ2) is 7.89. The number of hydrogen-bond acceptors (Lipinski definition) is 3. The van der Waals surface area contributed by atoms with Crippen molar-refractivity contribution in [3.05, 3.63) is 58.6 Å². The van der Waals surface area contributed by atoms with E-state index in [1.165, 1.54) is 0 Å². The Bertz CT molecular complexity index is 820. The number of hydrogen-bond donors (Lipinski definition) is 2. The summed E-state index contributed by atoms with van der Waals surface area (Å²) in [7, 11) is 0. The molecule has 2 aromatic rings. The van der Waals surface area contributed by atoms with Gasteiger partial charge in [-0.05, 0) is 41.8 Å². The predicted molar refractivity (Wildman–Crippen MR) is 104 cm³/mol. The molecule has 3 rings (SSSR count). The van der Waals surface area contributed by atoms with Gasteiger partial charge in [0.05, 0.1) is 19.0 Å². The summed E-state index contributed by atoms with van der Waals surface area (Å²) in [5, 5.41) is 3.43. The summed E-state index contributed by atoms with van der Waals surface area (Å²) < 4.78 is 0. The monoisotopic (exact) mass is 371 g/mol. The maximum Gasteiger partial charge on any atom is 0.241 e. The molecule has 1 aliphatic heterocycles. The van der Waals surface area contributed by atoms with Crippen LogP contribution in [0.3, 0.4) is 0 Å². The SMILES string of the molecule is CCCC(N)C(=O)Nc1ccc(CN2C(=O)Cc3ccc(Cl)cc32)cc1. The summed E-state index contributed by atoms with van der Waals surface area (Å²) in [5.41, 5.74) is 9.35. The highest BCUT2D eigenvalue weighted by Crippen LogP contribution is 2.32. The zero-order valence-corrected chi connectivity index (χ0v) is 15.4. The summed E-state index contributed by atoms with van der Waals surface area (Å²) >= 11 is 6.07. The van der Waals surface area contributed by atoms with E-state index in [-0.39, 0.29) is 11.8 Å². The van der Waals surface area contributed by atoms with E-state index >= 15 is 0 Å². The molecule has 0 saturated carbocycles. The highest BCUT2D eigenvalue weighted by Gasteiger charge is 2.27. The lowest BCUT2D eigenvalue weighted by Crippen LogP contribution is -2.35. The topological polar surface area (TPSA) is 75.4 Å². The third kappa shape index (κ3) is 4.06. The zero-order chi connectivity index (χ0) is 18.7. The van der Waals surface area contributed by atoms with E-state index in [0.29, 0.717) is 30.1 Å². The first-order valence-corrected chi connectivity index (χ1v) is 9.10. The fourth-order valence-electron chi connectivity index (χ4n) is 3.06. The Morgan fingerprint density at radius 3 is 2.69 bits per heavy atom. The van der Waals surface area contributed by atoms with Crippen molar-refractivity contribution < 1.29 is 9.59 Å². The molecule has 2 amide bonds. The molecule has 0 bridgehead atoms. The van der Waals surface area contributed by atoms with E-state index < -0.39 is 6.04 Å². The number of carbonyl (C=O) groups is 2. The molecule has 0 radical (unpaired) electrons. The Morgan fingerprint density at radius 1 is 1.27 bits per heavy atom. The minimum Gasteiger partial charge on any atom is -0.325 e. The lowest BCUT2D eigenvalue weighted by Gasteiger charge is -2.18. The summed E-state index contributed by atoms with van der Waals surface area (Å²) in [6.45, 7) is 2.46. The summed E-state index contributed by atoms with van der Waals surface area (Å²) in [4.78, 5) is 26.0. The first-order chi connectivity index (χ1) is 12.5. The number of fused-ring (bicyclic) bond motifs is 1. The Labute approximate surface area is 158 Å². The molecule has 0 saturated heterocycles. The molecule has 1 atom stereocenters. The van der Waals surface area contributed by atoms with Gasteiger partial charge in [0.15, 0.2) is 0 Å². The molecule has 2 aromatic carbocycles. The van der Waals surface area contributed by atoms with Crippen LogP contribution in [0.5, 0.6) is 0 Å². The van der Waals surface area contributed by atoms with E-state index in [1.807, 2.05) is 43.3 Å². The van der Waals surface area contributed by atoms with Crippen molar-refractivity contribution in [2.75, 3.05) is 10.2 Å². The van der Waals surface area contributed by atoms with Crippen molar-refractivity contribution in [2.45, 2.75) is 38.8 Å². The molecule has 136 valence electrons. The Balaban J connectivity index is 1.68. The number of nitrogens with one attached hydrogen (secondary N) is 1. The third-order valence-electron chi connectivity index (χ3n) is 4.48. The molecule has 6 heteroatoms. The predicted octanol–water partition coefficient (Wildman–Crippen LogP) is 3.50. The number of halogens is 1. The molecule has 0 spiro atoms. The van der Waals surface area contributed by atoms with Crippen molar-refractivity contribution in [1.29, 1.82) is 0 Å². The number of nitrogens with zero attached hydrogens (tertiary/aromatic N) is 1. The highest BCUT2D eigenvalue weighted by molar-refractivity contribution is 6.31. The number of benzene rings is 2. The summed E-state index contributed by atoms with van der Waals surface area (Å²) in [6, 6.07) is 12.5. The molecule has 3 N–H and O–H groups in total. The lowest BCUT2D eigenvalue weighted by molar-refractivity contribution is -0.118. The minimum atomic E-state index is -0.497. The summed E-state index contributed by atoms with van der Waals surface area (Å²) in [5.74, 6) is -0.122. The van der Waals surface area contributed by atoms with Crippen molar-refractivity contribution in [1.82, 2.24) is 0 Å². The quantitative estimate of drug-likeness (QED) is 0.816. The number of carbonyl (C=O) groups excluding carboxylic acids is 2. The maximum atomic E-state index is 12.3. The Morgan fingerprint density at radius 2 is 2.00 bits per heavy atom. The van der Waals surface area contributed by atoms with Gasteiger partial charge in [-0.1, -0.05) is 43.1 Å². The van der Waals surface area contributed by atoms with E-state index in [1.54, 1.807) is 11.0 Å². The van der Waals surface area contributed by atoms with Crippen LogP contribution >= 0.6 is 11.6 Å². The second-order valence-electron chi connectivity index (χ2n) is 6.51. The molecule has 1 heterocycles. The molecule has 1 aliphatic rings. The van der Waals surface area contributed by atoms with Gasteiger partial charge in [-0.25, -0.2) is 0 Å². The van der Waals surface area contributed by atoms with Gasteiger partial charge < -0.3 is 16.0 Å². The van der Waals surface area contributed by atoms with Crippen LogP contribution in [0.1, 0.15) is 30.9 Å². The van der Waals surface area contributed by atoms with Crippen molar-refractivity contribution in [3.63, 3.8) is 0 Å². The average Bonchev–Trinajstić information content (AvgIpc) is 2.92. The molecule has 0 aromatic heterocycles. The molecule has 0 aliphatic carbocycles. The first-order valence-electron chi connectivity index (χ1n) is 8.72. The number of amides is 2. The van der Waals surface area contributed by atoms with Crippen LogP contribution in [-0.4, -0.2) is 17.9 Å². The van der Waals surface area contributed by atoms with E-state index in [9.17, 15) is 9.59 Å². The van der Waals surface area contributed by atoms with Gasteiger partial charge >= 0.3 is 0 Å². The van der Waals surface area contributed by atoms with Gasteiger partial charge in [-0.3, -0.25) is 9.59 Å². The van der Waals surface area contributed by atoms with Crippen LogP contribution in [-0.2, 0) is 22.6 Å². The van der Waals surface area contributed by atoms with Crippen molar-refractivity contribution in [3.8, 4) is 0 Å². The van der Waals surface area contributed by atoms with Crippen molar-refractivity contribution in [2.24, 2.45) is 5.73 Å². The van der Waals surface area contributed by atoms with E-state index in [2.05, 4.69) is 5.32 Å². The van der Waals surface area contributed by atoms with Crippen LogP contribution in [0.4, 0.5) is 11.4 Å². The van der Waals surface area contributed by atoms with Gasteiger partial charge in [0, 0.05) is 16.4 Å². The number of nitrogens with two attached hydrogens (primary N) is 1. The van der Waals surface area contributed by atoms with Gasteiger partial charge in [0.2, 0.25) is 11.8 Å². The molecule has 0 fully saturated rings. The maximum absolute atomic E-state index is 12.3. The molecule has 5 nitrogen and oxygen atoms in total. The van der Waals surface area contributed by atoms with Crippen molar-refractivity contribution >= 4 is 34.8 Å². The fraction of sp³-hybridized carbons (Fsp3) is 0.300. The first kappa shape index (κ1) is 18.4. The normalized spacial score (nSPS) is 14.3. The Hall–Kier alpha value is -2.37. The van der Waals surface area contributed by atoms with Gasteiger partial charge in [-0.2, -0.15) is 0 Å². The third-order valence-corrected chi connectivity index (χ3v) is 4.71. The van der Waals surface area contributed by atoms with Gasteiger partial charge in [0.1, 0.15) is 0 Å². The molecule has 26 heavy (non-hydrogen) atoms. The molecule has 1 unspecified atom stereocenters. The lowest BCUT2D eigenvalue weighted by atomic mass is 10.1. The van der Waals surface area contributed by atoms with E-state index in [4.69, 9.17) is 17.3 Å². The highest BCUT2D eigenvalue weighted by atomic mass is 35.5. The van der Waals surface area contributed by atoms with Crippen LogP contribution < -0.4 is 16.0 Å². The largest absolute Gasteiger partial charge is 0.325 e. The zero-order valence-electron chi connectivity index (χ0n) is 14.7. The summed E-state index contributed by atoms with van der Waals surface area (Å²) in [6.07, 6.45) is 1.92. The average molecular weight is 372 g/mol. The van der Waals surface area contributed by atoms with Crippen LogP contribution in [0.15, 0.2) is 42.5 Å². The fourth-order valence-corrected chi connectivity index (χ4v) is 3.22. The second-order valence-corrected chi connectivity index (χ2v) is 6.95. The number of rotatable bonds is 6. The Kier molecular flexibility index (Phi) is 5.59. The van der Waals surface area contributed by atoms with Crippen LogP contribution in [0, 0.1) is 0 Å². The molecular weight excluding hydrogens is 350 g/mol. The van der Waals surface area contributed by atoms with Crippen LogP contribution in [0.2, 0.25) is 5.02 Å². The smallest absolute Gasteiger partial charge is 0.241 e. The van der Waals surface area contributed by atoms with Gasteiger partial charge in [-0.15, -0.1) is 0 Å². The number of anilines is 2. The molecular formula is C20H22ClN3O2. The minimum absolute atomic E-state index is 0.0604. The standard InChI is InChI=1S/C20H22ClN3O2/c1-2-3-17(22)20(26)23-16-8-4-13(5-9-16)12-24-18-11-15(21)7-6-14(18)10-19(24)25/h4-9,11,17H,2-3,10,12,22H2,1H3,(H,23,26). The van der Waals surface area contributed by atoms with Gasteiger partial charge in [0.25, 0.3) is 0 Å².